The van der Waals surface area contributed by atoms with E-state index in [-0.39, 0.29) is 14.0 Å². The summed E-state index contributed by atoms with van der Waals surface area (Å²) in [5.41, 5.74) is -1.28. The Kier molecular flexibility index (Phi) is 3.32. The fourth-order valence-corrected chi connectivity index (χ4v) is 1.90. The van der Waals surface area contributed by atoms with E-state index >= 15 is 0 Å². The van der Waals surface area contributed by atoms with Gasteiger partial charge in [0, 0.05) is 8.47 Å². The van der Waals surface area contributed by atoms with E-state index in [1.54, 1.807) is 0 Å². The maximum atomic E-state index is 12.5. The molecule has 0 aliphatic carbocycles. The summed E-state index contributed by atoms with van der Waals surface area (Å²) in [6, 6.07) is 4.00. The van der Waals surface area contributed by atoms with Crippen molar-refractivity contribution >= 4 is 35.2 Å². The molecule has 0 unspecified atom stereocenters. The van der Waals surface area contributed by atoms with Crippen LogP contribution in [0.5, 0.6) is 0 Å². The SMILES string of the molecule is N#Cc1ccc(S)c(I)c1C(F)(F)F. The molecular weight excluding hydrogens is 326 g/mol. The van der Waals surface area contributed by atoms with Gasteiger partial charge in [-0.15, -0.1) is 12.6 Å². The Bertz CT molecular complexity index is 408. The van der Waals surface area contributed by atoms with Gasteiger partial charge < -0.3 is 0 Å². The summed E-state index contributed by atoms with van der Waals surface area (Å²) in [4.78, 5) is 0.219. The molecule has 1 rings (SSSR count). The Labute approximate surface area is 97.5 Å². The Balaban J connectivity index is 3.54. The maximum absolute atomic E-state index is 12.5. The van der Waals surface area contributed by atoms with Crippen molar-refractivity contribution in [2.75, 3.05) is 0 Å². The molecule has 0 aromatic heterocycles. The van der Waals surface area contributed by atoms with Crippen LogP contribution in [0.15, 0.2) is 17.0 Å². The van der Waals surface area contributed by atoms with E-state index in [0.717, 1.165) is 6.07 Å². The van der Waals surface area contributed by atoms with Gasteiger partial charge in [0.1, 0.15) is 0 Å². The molecule has 0 amide bonds. The second-order valence-corrected chi connectivity index (χ2v) is 3.99. The average Bonchev–Trinajstić information content (AvgIpc) is 2.07. The summed E-state index contributed by atoms with van der Waals surface area (Å²) in [5, 5.41) is 8.52. The summed E-state index contributed by atoms with van der Waals surface area (Å²) in [7, 11) is 0. The van der Waals surface area contributed by atoms with E-state index in [1.807, 2.05) is 0 Å². The van der Waals surface area contributed by atoms with Crippen LogP contribution in [0, 0.1) is 14.9 Å². The third-order valence-corrected chi connectivity index (χ3v) is 3.45. The number of nitrogens with zero attached hydrogens (tertiary/aromatic N) is 1. The lowest BCUT2D eigenvalue weighted by Crippen LogP contribution is -2.10. The third kappa shape index (κ3) is 2.15. The third-order valence-electron chi connectivity index (χ3n) is 1.53. The molecule has 14 heavy (non-hydrogen) atoms. The summed E-state index contributed by atoms with van der Waals surface area (Å²) in [5.74, 6) is 0. The van der Waals surface area contributed by atoms with Crippen LogP contribution in [0.4, 0.5) is 13.2 Å². The minimum Gasteiger partial charge on any atom is -0.192 e. The molecule has 0 heterocycles. The van der Waals surface area contributed by atoms with Crippen LogP contribution in [0.2, 0.25) is 0 Å². The predicted molar refractivity (Wildman–Crippen MR) is 56.1 cm³/mol. The van der Waals surface area contributed by atoms with Crippen LogP contribution >= 0.6 is 35.2 Å². The van der Waals surface area contributed by atoms with Crippen LogP contribution in [0.25, 0.3) is 0 Å². The topological polar surface area (TPSA) is 23.8 Å². The van der Waals surface area contributed by atoms with Crippen LogP contribution in [-0.4, -0.2) is 0 Å². The maximum Gasteiger partial charge on any atom is 0.418 e. The monoisotopic (exact) mass is 329 g/mol. The molecule has 0 atom stereocenters. The molecular formula is C8H3F3INS. The lowest BCUT2D eigenvalue weighted by Gasteiger charge is -2.11. The molecule has 1 aromatic rings. The fourth-order valence-electron chi connectivity index (χ4n) is 0.935. The van der Waals surface area contributed by atoms with Crippen molar-refractivity contribution in [1.82, 2.24) is 0 Å². The Morgan fingerprint density at radius 1 is 1.36 bits per heavy atom. The summed E-state index contributed by atoms with van der Waals surface area (Å²) in [6.45, 7) is 0. The number of halogens is 4. The van der Waals surface area contributed by atoms with Gasteiger partial charge in [0.05, 0.1) is 17.2 Å². The Hall–Kier alpha value is -0.420. The number of benzene rings is 1. The lowest BCUT2D eigenvalue weighted by molar-refractivity contribution is -0.138. The van der Waals surface area contributed by atoms with Gasteiger partial charge in [0.2, 0.25) is 0 Å². The van der Waals surface area contributed by atoms with Crippen molar-refractivity contribution in [3.8, 4) is 6.07 Å². The molecule has 0 aliphatic heterocycles. The Morgan fingerprint density at radius 3 is 2.36 bits per heavy atom. The average molecular weight is 329 g/mol. The zero-order valence-electron chi connectivity index (χ0n) is 6.56. The van der Waals surface area contributed by atoms with Crippen molar-refractivity contribution in [3.05, 3.63) is 26.8 Å². The van der Waals surface area contributed by atoms with E-state index in [1.165, 1.54) is 34.7 Å². The van der Waals surface area contributed by atoms with Crippen molar-refractivity contribution in [2.24, 2.45) is 0 Å². The first-order valence-electron chi connectivity index (χ1n) is 3.36. The van der Waals surface area contributed by atoms with Gasteiger partial charge in [-0.2, -0.15) is 18.4 Å². The molecule has 1 aromatic carbocycles. The van der Waals surface area contributed by atoms with Crippen LogP contribution in [0.1, 0.15) is 11.1 Å². The second-order valence-electron chi connectivity index (χ2n) is 2.43. The quantitative estimate of drug-likeness (QED) is 0.572. The standard InChI is InChI=1S/C8H3F3INS/c9-8(10,11)6-4(3-13)1-2-5(14)7(6)12/h1-2,14H. The van der Waals surface area contributed by atoms with Gasteiger partial charge in [0.15, 0.2) is 0 Å². The molecule has 0 saturated carbocycles. The number of hydrogen-bond acceptors (Lipinski definition) is 2. The van der Waals surface area contributed by atoms with Crippen LogP contribution in [0.3, 0.4) is 0 Å². The van der Waals surface area contributed by atoms with Gasteiger partial charge in [-0.25, -0.2) is 0 Å². The molecule has 0 fully saturated rings. The molecule has 0 spiro atoms. The molecule has 6 heteroatoms. The predicted octanol–water partition coefficient (Wildman–Crippen LogP) is 3.47. The molecule has 0 N–H and O–H groups in total. The lowest BCUT2D eigenvalue weighted by atomic mass is 10.1. The van der Waals surface area contributed by atoms with Crippen molar-refractivity contribution in [2.45, 2.75) is 11.1 Å². The highest BCUT2D eigenvalue weighted by Gasteiger charge is 2.36. The fraction of sp³-hybridized carbons (Fsp3) is 0.125. The zero-order valence-corrected chi connectivity index (χ0v) is 9.61. The van der Waals surface area contributed by atoms with Gasteiger partial charge in [-0.1, -0.05) is 0 Å². The van der Waals surface area contributed by atoms with E-state index in [9.17, 15) is 13.2 Å². The zero-order chi connectivity index (χ0) is 10.9. The summed E-state index contributed by atoms with van der Waals surface area (Å²) < 4.78 is 37.4. The van der Waals surface area contributed by atoms with E-state index in [2.05, 4.69) is 12.6 Å². The first kappa shape index (κ1) is 11.7. The highest BCUT2D eigenvalue weighted by Crippen LogP contribution is 2.37. The van der Waals surface area contributed by atoms with Crippen molar-refractivity contribution < 1.29 is 13.2 Å². The van der Waals surface area contributed by atoms with Crippen LogP contribution in [-0.2, 0) is 6.18 Å². The minimum atomic E-state index is -4.51. The van der Waals surface area contributed by atoms with Gasteiger partial charge >= 0.3 is 6.18 Å². The number of nitriles is 1. The minimum absolute atomic E-state index is 0.0440. The molecule has 1 nitrogen and oxygen atoms in total. The van der Waals surface area contributed by atoms with Gasteiger partial charge in [0.25, 0.3) is 0 Å². The molecule has 74 valence electrons. The smallest absolute Gasteiger partial charge is 0.192 e. The first-order chi connectivity index (χ1) is 6.38. The molecule has 0 aliphatic rings. The number of thiol groups is 1. The molecule has 0 bridgehead atoms. The van der Waals surface area contributed by atoms with Crippen LogP contribution < -0.4 is 0 Å². The highest BCUT2D eigenvalue weighted by molar-refractivity contribution is 14.1. The Morgan fingerprint density at radius 2 is 1.93 bits per heavy atom. The van der Waals surface area contributed by atoms with E-state index in [0.29, 0.717) is 0 Å². The van der Waals surface area contributed by atoms with Gasteiger partial charge in [-0.05, 0) is 34.7 Å². The molecule has 0 radical (unpaired) electrons. The van der Waals surface area contributed by atoms with E-state index < -0.39 is 11.7 Å². The first-order valence-corrected chi connectivity index (χ1v) is 4.89. The summed E-state index contributed by atoms with van der Waals surface area (Å²) >= 11 is 5.40. The van der Waals surface area contributed by atoms with Crippen molar-refractivity contribution in [3.63, 3.8) is 0 Å². The molecule has 0 saturated heterocycles. The normalized spacial score (nSPS) is 11.1. The largest absolute Gasteiger partial charge is 0.418 e. The second kappa shape index (κ2) is 3.98. The van der Waals surface area contributed by atoms with Crippen molar-refractivity contribution in [1.29, 1.82) is 5.26 Å². The number of alkyl halides is 3. The number of rotatable bonds is 0. The van der Waals surface area contributed by atoms with Gasteiger partial charge in [-0.3, -0.25) is 0 Å². The highest BCUT2D eigenvalue weighted by atomic mass is 127. The van der Waals surface area contributed by atoms with E-state index in [4.69, 9.17) is 5.26 Å². The summed E-state index contributed by atoms with van der Waals surface area (Å²) in [6.07, 6.45) is -4.51. The number of hydrogen-bond donors (Lipinski definition) is 1.